The molecule has 0 radical (unpaired) electrons. The molecular formula is C13H21N3O3. The SMILES string of the molecule is CC(C)Oc1cccc(NCC(C)(C)N)c1[N+](=O)[O-]. The van der Waals surface area contributed by atoms with Gasteiger partial charge in [0.05, 0.1) is 11.0 Å². The number of rotatable bonds is 6. The van der Waals surface area contributed by atoms with Crippen LogP contribution in [0.4, 0.5) is 11.4 Å². The molecule has 0 fully saturated rings. The van der Waals surface area contributed by atoms with Gasteiger partial charge in [-0.2, -0.15) is 0 Å². The van der Waals surface area contributed by atoms with Crippen molar-refractivity contribution in [2.45, 2.75) is 39.3 Å². The normalized spacial score (nSPS) is 11.5. The zero-order valence-corrected chi connectivity index (χ0v) is 11.8. The van der Waals surface area contributed by atoms with Gasteiger partial charge in [-0.15, -0.1) is 0 Å². The predicted molar refractivity (Wildman–Crippen MR) is 75.6 cm³/mol. The molecule has 0 aromatic heterocycles. The van der Waals surface area contributed by atoms with Crippen LogP contribution >= 0.6 is 0 Å². The van der Waals surface area contributed by atoms with E-state index < -0.39 is 10.5 Å². The lowest BCUT2D eigenvalue weighted by molar-refractivity contribution is -0.385. The Balaban J connectivity index is 3.06. The quantitative estimate of drug-likeness (QED) is 0.610. The molecule has 0 bridgehead atoms. The zero-order valence-electron chi connectivity index (χ0n) is 11.8. The van der Waals surface area contributed by atoms with Crippen LogP contribution in [0, 0.1) is 10.1 Å². The Morgan fingerprint density at radius 1 is 1.47 bits per heavy atom. The van der Waals surface area contributed by atoms with E-state index in [2.05, 4.69) is 5.32 Å². The molecule has 6 nitrogen and oxygen atoms in total. The Morgan fingerprint density at radius 3 is 2.58 bits per heavy atom. The van der Waals surface area contributed by atoms with Crippen LogP contribution in [-0.2, 0) is 0 Å². The second kappa shape index (κ2) is 5.88. The van der Waals surface area contributed by atoms with E-state index in [1.165, 1.54) is 0 Å². The number of ether oxygens (including phenoxy) is 1. The molecule has 0 heterocycles. The van der Waals surface area contributed by atoms with Crippen LogP contribution in [0.1, 0.15) is 27.7 Å². The average Bonchev–Trinajstić information content (AvgIpc) is 2.24. The summed E-state index contributed by atoms with van der Waals surface area (Å²) in [6.45, 7) is 7.78. The smallest absolute Gasteiger partial charge is 0.333 e. The Morgan fingerprint density at radius 2 is 2.11 bits per heavy atom. The molecule has 1 aromatic carbocycles. The first-order valence-electron chi connectivity index (χ1n) is 6.17. The van der Waals surface area contributed by atoms with Gasteiger partial charge in [-0.1, -0.05) is 6.07 Å². The van der Waals surface area contributed by atoms with E-state index in [1.807, 2.05) is 27.7 Å². The number of hydrogen-bond donors (Lipinski definition) is 2. The molecule has 1 rings (SSSR count). The molecule has 0 atom stereocenters. The predicted octanol–water partition coefficient (Wildman–Crippen LogP) is 2.53. The summed E-state index contributed by atoms with van der Waals surface area (Å²) in [5.41, 5.74) is 5.77. The number of anilines is 1. The summed E-state index contributed by atoms with van der Waals surface area (Å²) in [5, 5.41) is 14.2. The minimum Gasteiger partial charge on any atom is -0.484 e. The first-order chi connectivity index (χ1) is 8.70. The highest BCUT2D eigenvalue weighted by molar-refractivity contribution is 5.68. The van der Waals surface area contributed by atoms with Crippen LogP contribution < -0.4 is 15.8 Å². The van der Waals surface area contributed by atoms with Gasteiger partial charge in [0.1, 0.15) is 5.69 Å². The molecule has 0 saturated carbocycles. The maximum atomic E-state index is 11.2. The van der Waals surface area contributed by atoms with Crippen molar-refractivity contribution in [2.24, 2.45) is 5.73 Å². The summed E-state index contributed by atoms with van der Waals surface area (Å²) in [6.07, 6.45) is -0.125. The summed E-state index contributed by atoms with van der Waals surface area (Å²) in [4.78, 5) is 10.8. The van der Waals surface area contributed by atoms with Crippen LogP contribution in [0.5, 0.6) is 5.75 Å². The highest BCUT2D eigenvalue weighted by atomic mass is 16.6. The van der Waals surface area contributed by atoms with Crippen LogP contribution in [0.3, 0.4) is 0 Å². The molecule has 0 aliphatic heterocycles. The number of nitrogens with two attached hydrogens (primary N) is 1. The monoisotopic (exact) mass is 267 g/mol. The second-order valence-electron chi connectivity index (χ2n) is 5.42. The Kier molecular flexibility index (Phi) is 4.72. The molecule has 0 aliphatic carbocycles. The Bertz CT molecular complexity index is 453. The van der Waals surface area contributed by atoms with Gasteiger partial charge in [0.2, 0.25) is 0 Å². The number of nitrogens with one attached hydrogen (secondary N) is 1. The van der Waals surface area contributed by atoms with E-state index in [1.54, 1.807) is 18.2 Å². The molecule has 0 unspecified atom stereocenters. The standard InChI is InChI=1S/C13H21N3O3/c1-9(2)19-11-7-5-6-10(12(11)16(17)18)15-8-13(3,4)14/h5-7,9,15H,8,14H2,1-4H3. The fourth-order valence-corrected chi connectivity index (χ4v) is 1.53. The van der Waals surface area contributed by atoms with Gasteiger partial charge in [0.25, 0.3) is 0 Å². The van der Waals surface area contributed by atoms with Crippen molar-refractivity contribution in [1.82, 2.24) is 0 Å². The number of nitro groups is 1. The van der Waals surface area contributed by atoms with Crippen molar-refractivity contribution >= 4 is 11.4 Å². The van der Waals surface area contributed by atoms with Gasteiger partial charge in [-0.25, -0.2) is 0 Å². The minimum atomic E-state index is -0.456. The lowest BCUT2D eigenvalue weighted by Gasteiger charge is -2.20. The van der Waals surface area contributed by atoms with Crippen LogP contribution in [0.25, 0.3) is 0 Å². The van der Waals surface area contributed by atoms with E-state index in [0.717, 1.165) is 0 Å². The molecule has 3 N–H and O–H groups in total. The van der Waals surface area contributed by atoms with Gasteiger partial charge in [0, 0.05) is 12.1 Å². The third kappa shape index (κ3) is 4.75. The fraction of sp³-hybridized carbons (Fsp3) is 0.538. The van der Waals surface area contributed by atoms with Crippen molar-refractivity contribution in [2.75, 3.05) is 11.9 Å². The van der Waals surface area contributed by atoms with Crippen molar-refractivity contribution in [3.63, 3.8) is 0 Å². The Labute approximate surface area is 113 Å². The van der Waals surface area contributed by atoms with Crippen LogP contribution in [0.15, 0.2) is 18.2 Å². The minimum absolute atomic E-state index is 0.0551. The first-order valence-corrected chi connectivity index (χ1v) is 6.17. The lowest BCUT2D eigenvalue weighted by atomic mass is 10.1. The van der Waals surface area contributed by atoms with E-state index in [0.29, 0.717) is 12.2 Å². The summed E-state index contributed by atoms with van der Waals surface area (Å²) in [7, 11) is 0. The number of hydrogen-bond acceptors (Lipinski definition) is 5. The number of benzene rings is 1. The van der Waals surface area contributed by atoms with Crippen molar-refractivity contribution in [3.05, 3.63) is 28.3 Å². The largest absolute Gasteiger partial charge is 0.484 e. The third-order valence-corrected chi connectivity index (χ3v) is 2.28. The lowest BCUT2D eigenvalue weighted by Crippen LogP contribution is -2.39. The molecule has 0 aliphatic rings. The summed E-state index contributed by atoms with van der Waals surface area (Å²) < 4.78 is 5.47. The summed E-state index contributed by atoms with van der Waals surface area (Å²) in [6, 6.07) is 4.96. The maximum absolute atomic E-state index is 11.2. The molecule has 0 saturated heterocycles. The van der Waals surface area contributed by atoms with E-state index in [-0.39, 0.29) is 17.5 Å². The molecule has 1 aromatic rings. The van der Waals surface area contributed by atoms with Gasteiger partial charge < -0.3 is 15.8 Å². The maximum Gasteiger partial charge on any atom is 0.333 e. The summed E-state index contributed by atoms with van der Waals surface area (Å²) >= 11 is 0. The zero-order chi connectivity index (χ0) is 14.6. The molecule has 0 spiro atoms. The topological polar surface area (TPSA) is 90.4 Å². The molecule has 6 heteroatoms. The molecule has 106 valence electrons. The number of para-hydroxylation sites is 1. The first kappa shape index (κ1) is 15.2. The van der Waals surface area contributed by atoms with Crippen LogP contribution in [-0.4, -0.2) is 23.1 Å². The van der Waals surface area contributed by atoms with E-state index >= 15 is 0 Å². The molecular weight excluding hydrogens is 246 g/mol. The Hall–Kier alpha value is -1.82. The number of nitro benzene ring substituents is 1. The highest BCUT2D eigenvalue weighted by Crippen LogP contribution is 2.35. The fourth-order valence-electron chi connectivity index (χ4n) is 1.53. The van der Waals surface area contributed by atoms with Gasteiger partial charge in [-0.05, 0) is 39.8 Å². The summed E-state index contributed by atoms with van der Waals surface area (Å²) in [5.74, 6) is 0.264. The van der Waals surface area contributed by atoms with E-state index in [9.17, 15) is 10.1 Å². The number of nitrogens with zero attached hydrogens (tertiary/aromatic N) is 1. The van der Waals surface area contributed by atoms with Gasteiger partial charge >= 0.3 is 5.69 Å². The van der Waals surface area contributed by atoms with Crippen molar-refractivity contribution in [3.8, 4) is 5.75 Å². The van der Waals surface area contributed by atoms with Crippen molar-refractivity contribution < 1.29 is 9.66 Å². The van der Waals surface area contributed by atoms with Gasteiger partial charge in [-0.3, -0.25) is 10.1 Å². The van der Waals surface area contributed by atoms with Gasteiger partial charge in [0.15, 0.2) is 5.75 Å². The molecule has 19 heavy (non-hydrogen) atoms. The van der Waals surface area contributed by atoms with E-state index in [4.69, 9.17) is 10.5 Å². The third-order valence-electron chi connectivity index (χ3n) is 2.28. The average molecular weight is 267 g/mol. The van der Waals surface area contributed by atoms with Crippen LogP contribution in [0.2, 0.25) is 0 Å². The van der Waals surface area contributed by atoms with Crippen molar-refractivity contribution in [1.29, 1.82) is 0 Å². The molecule has 0 amide bonds. The second-order valence-corrected chi connectivity index (χ2v) is 5.42. The highest BCUT2D eigenvalue weighted by Gasteiger charge is 2.22.